The van der Waals surface area contributed by atoms with Crippen molar-refractivity contribution in [3.63, 3.8) is 0 Å². The molecule has 2 aromatic carbocycles. The maximum atomic E-state index is 13.0. The predicted octanol–water partition coefficient (Wildman–Crippen LogP) is 2.69. The number of aromatic hydroxyl groups is 1. The third kappa shape index (κ3) is 4.27. The molecule has 0 aliphatic rings. The number of nitrogens with zero attached hydrogens (tertiary/aromatic N) is 5. The lowest BCUT2D eigenvalue weighted by Gasteiger charge is -2.10. The topological polar surface area (TPSA) is 116 Å². The molecule has 0 saturated heterocycles. The van der Waals surface area contributed by atoms with E-state index in [1.54, 1.807) is 29.8 Å². The van der Waals surface area contributed by atoms with Crippen LogP contribution in [0.3, 0.4) is 0 Å². The van der Waals surface area contributed by atoms with Crippen LogP contribution in [0, 0.1) is 0 Å². The van der Waals surface area contributed by atoms with Crippen LogP contribution >= 0.6 is 11.6 Å². The Bertz CT molecular complexity index is 1520. The molecule has 0 atom stereocenters. The summed E-state index contributed by atoms with van der Waals surface area (Å²) in [4.78, 5) is 29.9. The van der Waals surface area contributed by atoms with Crippen LogP contribution in [0.1, 0.15) is 18.1 Å². The number of phenolic OH excluding ortho intramolecular Hbond substituents is 1. The van der Waals surface area contributed by atoms with Crippen molar-refractivity contribution in [3.8, 4) is 11.5 Å². The zero-order valence-corrected chi connectivity index (χ0v) is 19.6. The zero-order chi connectivity index (χ0) is 24.4. The Balaban J connectivity index is 1.78. The smallest absolute Gasteiger partial charge is 0.332 e. The monoisotopic (exact) mass is 482 g/mol. The SMILES string of the molecule is CCOc1cc(C=NNc2nc3c(c(=O)n(C)c(=O)n3C)n2Cc2ccccc2Cl)ccc1O. The Morgan fingerprint density at radius 3 is 2.68 bits per heavy atom. The molecule has 2 heterocycles. The quantitative estimate of drug-likeness (QED) is 0.309. The van der Waals surface area contributed by atoms with Crippen LogP contribution in [0.15, 0.2) is 57.2 Å². The molecular weight excluding hydrogens is 460 g/mol. The van der Waals surface area contributed by atoms with Gasteiger partial charge in [0.2, 0.25) is 5.95 Å². The van der Waals surface area contributed by atoms with Crippen molar-refractivity contribution in [2.24, 2.45) is 19.2 Å². The van der Waals surface area contributed by atoms with Crippen LogP contribution in [0.4, 0.5) is 5.95 Å². The van der Waals surface area contributed by atoms with Gasteiger partial charge in [0, 0.05) is 19.1 Å². The Hall–Kier alpha value is -4.05. The van der Waals surface area contributed by atoms with Gasteiger partial charge in [-0.15, -0.1) is 0 Å². The maximum Gasteiger partial charge on any atom is 0.332 e. The van der Waals surface area contributed by atoms with Crippen LogP contribution in [0.25, 0.3) is 11.2 Å². The lowest BCUT2D eigenvalue weighted by atomic mass is 10.2. The van der Waals surface area contributed by atoms with Gasteiger partial charge in [-0.2, -0.15) is 10.1 Å². The lowest BCUT2D eigenvalue weighted by Crippen LogP contribution is -2.37. The molecule has 0 unspecified atom stereocenters. The average molecular weight is 483 g/mol. The second-order valence-electron chi connectivity index (χ2n) is 7.52. The molecule has 0 fully saturated rings. The third-order valence-corrected chi connectivity index (χ3v) is 5.66. The van der Waals surface area contributed by atoms with Crippen molar-refractivity contribution in [3.05, 3.63) is 79.5 Å². The number of imidazole rings is 1. The fourth-order valence-electron chi connectivity index (χ4n) is 3.53. The highest BCUT2D eigenvalue weighted by atomic mass is 35.5. The minimum atomic E-state index is -0.484. The first kappa shape index (κ1) is 23.1. The molecule has 11 heteroatoms. The van der Waals surface area contributed by atoms with Gasteiger partial charge in [-0.1, -0.05) is 29.8 Å². The number of phenols is 1. The fraction of sp³-hybridized carbons (Fsp3) is 0.217. The molecule has 0 aliphatic heterocycles. The second kappa shape index (κ2) is 9.44. The van der Waals surface area contributed by atoms with Crippen molar-refractivity contribution in [1.82, 2.24) is 18.7 Å². The van der Waals surface area contributed by atoms with Gasteiger partial charge >= 0.3 is 5.69 Å². The minimum Gasteiger partial charge on any atom is -0.504 e. The average Bonchev–Trinajstić information content (AvgIpc) is 3.18. The normalized spacial score (nSPS) is 11.4. The van der Waals surface area contributed by atoms with Crippen LogP contribution in [0.5, 0.6) is 11.5 Å². The highest BCUT2D eigenvalue weighted by Gasteiger charge is 2.19. The van der Waals surface area contributed by atoms with Gasteiger partial charge in [0.1, 0.15) is 0 Å². The summed E-state index contributed by atoms with van der Waals surface area (Å²) >= 11 is 6.36. The first-order chi connectivity index (χ1) is 16.3. The van der Waals surface area contributed by atoms with Crippen molar-refractivity contribution < 1.29 is 9.84 Å². The molecule has 0 spiro atoms. The number of aromatic nitrogens is 4. The van der Waals surface area contributed by atoms with E-state index in [2.05, 4.69) is 15.5 Å². The van der Waals surface area contributed by atoms with Gasteiger partial charge in [-0.3, -0.25) is 18.5 Å². The molecule has 0 radical (unpaired) electrons. The Labute approximate surface area is 199 Å². The summed E-state index contributed by atoms with van der Waals surface area (Å²) in [6, 6.07) is 12.1. The summed E-state index contributed by atoms with van der Waals surface area (Å²) in [6.07, 6.45) is 1.53. The van der Waals surface area contributed by atoms with E-state index in [9.17, 15) is 14.7 Å². The van der Waals surface area contributed by atoms with Gasteiger partial charge in [-0.05, 0) is 42.3 Å². The number of hydrogen-bond donors (Lipinski definition) is 2. The Morgan fingerprint density at radius 1 is 1.18 bits per heavy atom. The minimum absolute atomic E-state index is 0.0326. The zero-order valence-electron chi connectivity index (χ0n) is 18.8. The van der Waals surface area contributed by atoms with E-state index in [0.29, 0.717) is 22.9 Å². The van der Waals surface area contributed by atoms with Crippen LogP contribution < -0.4 is 21.4 Å². The second-order valence-corrected chi connectivity index (χ2v) is 7.93. The molecule has 176 valence electrons. The molecule has 0 saturated carbocycles. The summed E-state index contributed by atoms with van der Waals surface area (Å²) in [5.74, 6) is 0.634. The number of halogens is 1. The van der Waals surface area contributed by atoms with Gasteiger partial charge in [0.25, 0.3) is 5.56 Å². The highest BCUT2D eigenvalue weighted by molar-refractivity contribution is 6.31. The Morgan fingerprint density at radius 2 is 1.94 bits per heavy atom. The van der Waals surface area contributed by atoms with E-state index in [0.717, 1.165) is 10.1 Å². The standard InChI is InChI=1S/C23H23ClN6O4/c1-4-34-18-11-14(9-10-17(18)31)12-25-27-22-26-20-19(21(32)29(3)23(33)28(20)2)30(22)13-15-7-5-6-8-16(15)24/h5-12,31H,4,13H2,1-3H3,(H,26,27). The Kier molecular flexibility index (Phi) is 6.42. The maximum absolute atomic E-state index is 13.0. The van der Waals surface area contributed by atoms with Crippen molar-refractivity contribution in [2.75, 3.05) is 12.0 Å². The van der Waals surface area contributed by atoms with E-state index in [1.807, 2.05) is 25.1 Å². The summed E-state index contributed by atoms with van der Waals surface area (Å²) < 4.78 is 9.38. The molecule has 10 nitrogen and oxygen atoms in total. The van der Waals surface area contributed by atoms with Crippen molar-refractivity contribution in [2.45, 2.75) is 13.5 Å². The largest absolute Gasteiger partial charge is 0.504 e. The molecular formula is C23H23ClN6O4. The summed E-state index contributed by atoms with van der Waals surface area (Å²) in [7, 11) is 2.97. The molecule has 0 bridgehead atoms. The van der Waals surface area contributed by atoms with E-state index in [1.165, 1.54) is 23.9 Å². The van der Waals surface area contributed by atoms with Crippen LogP contribution in [0.2, 0.25) is 5.02 Å². The molecule has 34 heavy (non-hydrogen) atoms. The van der Waals surface area contributed by atoms with Gasteiger partial charge in [0.15, 0.2) is 22.7 Å². The highest BCUT2D eigenvalue weighted by Crippen LogP contribution is 2.26. The molecule has 0 aliphatic carbocycles. The van der Waals surface area contributed by atoms with Crippen LogP contribution in [-0.4, -0.2) is 36.6 Å². The molecule has 0 amide bonds. The summed E-state index contributed by atoms with van der Waals surface area (Å²) in [6.45, 7) is 2.46. The number of hydrogen-bond acceptors (Lipinski definition) is 7. The van der Waals surface area contributed by atoms with Crippen LogP contribution in [-0.2, 0) is 20.6 Å². The summed E-state index contributed by atoms with van der Waals surface area (Å²) in [5.41, 5.74) is 3.81. The van der Waals surface area contributed by atoms with E-state index < -0.39 is 11.2 Å². The van der Waals surface area contributed by atoms with Gasteiger partial charge in [0.05, 0.1) is 19.4 Å². The molecule has 2 aromatic heterocycles. The molecule has 4 rings (SSSR count). The number of hydrazone groups is 1. The molecule has 2 N–H and O–H groups in total. The summed E-state index contributed by atoms with van der Waals surface area (Å²) in [5, 5.41) is 14.7. The van der Waals surface area contributed by atoms with Crippen molar-refractivity contribution >= 4 is 34.9 Å². The first-order valence-corrected chi connectivity index (χ1v) is 10.8. The number of aryl methyl sites for hydroxylation is 1. The number of anilines is 1. The number of ether oxygens (including phenoxy) is 1. The molecule has 4 aromatic rings. The number of rotatable bonds is 7. The van der Waals surface area contributed by atoms with Gasteiger partial charge in [-0.25, -0.2) is 10.2 Å². The number of fused-ring (bicyclic) bond motifs is 1. The number of nitrogens with one attached hydrogen (secondary N) is 1. The van der Waals surface area contributed by atoms with E-state index in [4.69, 9.17) is 16.3 Å². The van der Waals surface area contributed by atoms with E-state index in [-0.39, 0.29) is 29.4 Å². The van der Waals surface area contributed by atoms with E-state index >= 15 is 0 Å². The fourth-order valence-corrected chi connectivity index (χ4v) is 3.72. The number of benzene rings is 2. The van der Waals surface area contributed by atoms with Crippen molar-refractivity contribution in [1.29, 1.82) is 0 Å². The predicted molar refractivity (Wildman–Crippen MR) is 131 cm³/mol. The van der Waals surface area contributed by atoms with Gasteiger partial charge < -0.3 is 9.84 Å². The third-order valence-electron chi connectivity index (χ3n) is 5.30. The lowest BCUT2D eigenvalue weighted by molar-refractivity contribution is 0.318. The first-order valence-electron chi connectivity index (χ1n) is 10.5.